The molecule has 2 atom stereocenters. The molecule has 0 spiro atoms. The first-order valence-corrected chi connectivity index (χ1v) is 6.43. The first-order chi connectivity index (χ1) is 7.94. The van der Waals surface area contributed by atoms with E-state index in [-0.39, 0.29) is 0 Å². The topological polar surface area (TPSA) is 62.3 Å². The average molecular weight is 239 g/mol. The van der Waals surface area contributed by atoms with Gasteiger partial charge >= 0.3 is 0 Å². The summed E-state index contributed by atoms with van der Waals surface area (Å²) in [5, 5.41) is 8.94. The lowest BCUT2D eigenvalue weighted by molar-refractivity contribution is 0.0500. The fourth-order valence-electron chi connectivity index (χ4n) is 2.33. The molecule has 0 amide bonds. The summed E-state index contributed by atoms with van der Waals surface area (Å²) in [5.74, 6) is 0.724. The fourth-order valence-corrected chi connectivity index (χ4v) is 2.33. The normalized spacial score (nSPS) is 23.1. The van der Waals surface area contributed by atoms with Gasteiger partial charge in [0, 0.05) is 25.8 Å². The Bertz CT molecular complexity index is 266. The van der Waals surface area contributed by atoms with Crippen molar-refractivity contribution in [3.63, 3.8) is 0 Å². The Hall–Kier alpha value is -0.630. The molecule has 98 valence electrons. The van der Waals surface area contributed by atoms with Gasteiger partial charge in [0.25, 0.3) is 0 Å². The van der Waals surface area contributed by atoms with Gasteiger partial charge in [-0.1, -0.05) is 0 Å². The molecule has 2 unspecified atom stereocenters. The molecule has 1 saturated heterocycles. The third kappa shape index (κ3) is 5.03. The van der Waals surface area contributed by atoms with Gasteiger partial charge in [-0.15, -0.1) is 0 Å². The van der Waals surface area contributed by atoms with Crippen LogP contribution in [0, 0.1) is 17.2 Å². The number of ether oxygens (including phenoxy) is 1. The Kier molecular flexibility index (Phi) is 5.38. The van der Waals surface area contributed by atoms with Gasteiger partial charge in [-0.3, -0.25) is 0 Å². The minimum absolute atomic E-state index is 0.340. The number of nitrogens with two attached hydrogens (primary N) is 1. The molecular weight excluding hydrogens is 214 g/mol. The Morgan fingerprint density at radius 1 is 1.53 bits per heavy atom. The van der Waals surface area contributed by atoms with E-state index >= 15 is 0 Å². The largest absolute Gasteiger partial charge is 0.381 e. The van der Waals surface area contributed by atoms with E-state index < -0.39 is 5.54 Å². The van der Waals surface area contributed by atoms with Gasteiger partial charge in [0.05, 0.1) is 6.07 Å². The van der Waals surface area contributed by atoms with E-state index in [4.69, 9.17) is 15.7 Å². The Balaban J connectivity index is 2.36. The third-order valence-corrected chi connectivity index (χ3v) is 3.61. The lowest BCUT2D eigenvalue weighted by Crippen LogP contribution is -2.44. The van der Waals surface area contributed by atoms with Crippen molar-refractivity contribution in [2.24, 2.45) is 11.7 Å². The molecule has 1 fully saturated rings. The van der Waals surface area contributed by atoms with Crippen LogP contribution in [0.2, 0.25) is 0 Å². The standard InChI is InChI=1S/C13H25N3O/c1-11(8-13(2,15)10-14)16(3)9-12-4-6-17-7-5-12/h11-12H,4-9,15H2,1-3H3. The van der Waals surface area contributed by atoms with E-state index in [0.29, 0.717) is 12.5 Å². The maximum atomic E-state index is 8.94. The molecule has 4 nitrogen and oxygen atoms in total. The van der Waals surface area contributed by atoms with Crippen LogP contribution in [0.25, 0.3) is 0 Å². The van der Waals surface area contributed by atoms with Crippen LogP contribution in [0.1, 0.15) is 33.1 Å². The molecule has 1 heterocycles. The number of hydrogen-bond acceptors (Lipinski definition) is 4. The molecule has 1 rings (SSSR count). The molecule has 0 radical (unpaired) electrons. The molecule has 2 N–H and O–H groups in total. The fraction of sp³-hybridized carbons (Fsp3) is 0.923. The molecule has 0 aromatic carbocycles. The van der Waals surface area contributed by atoms with Crippen molar-refractivity contribution in [2.45, 2.75) is 44.7 Å². The Labute approximate surface area is 105 Å². The lowest BCUT2D eigenvalue weighted by Gasteiger charge is -2.33. The van der Waals surface area contributed by atoms with Crippen LogP contribution in [0.15, 0.2) is 0 Å². The smallest absolute Gasteiger partial charge is 0.102 e. The predicted molar refractivity (Wildman–Crippen MR) is 68.5 cm³/mol. The molecule has 1 aliphatic heterocycles. The summed E-state index contributed by atoms with van der Waals surface area (Å²) in [5.41, 5.74) is 5.16. The quantitative estimate of drug-likeness (QED) is 0.787. The molecule has 1 aliphatic rings. The molecule has 0 saturated carbocycles. The maximum absolute atomic E-state index is 8.94. The molecule has 4 heteroatoms. The van der Waals surface area contributed by atoms with Gasteiger partial charge in [-0.05, 0) is 46.1 Å². The highest BCUT2D eigenvalue weighted by molar-refractivity contribution is 5.02. The molecule has 17 heavy (non-hydrogen) atoms. The zero-order valence-electron chi connectivity index (χ0n) is 11.3. The van der Waals surface area contributed by atoms with Crippen LogP contribution in [0.5, 0.6) is 0 Å². The van der Waals surface area contributed by atoms with E-state index in [1.165, 1.54) is 0 Å². The second kappa shape index (κ2) is 6.34. The van der Waals surface area contributed by atoms with Crippen LogP contribution >= 0.6 is 0 Å². The highest BCUT2D eigenvalue weighted by Gasteiger charge is 2.25. The summed E-state index contributed by atoms with van der Waals surface area (Å²) in [4.78, 5) is 2.32. The van der Waals surface area contributed by atoms with Crippen molar-refractivity contribution in [2.75, 3.05) is 26.8 Å². The van der Waals surface area contributed by atoms with E-state index in [2.05, 4.69) is 24.9 Å². The van der Waals surface area contributed by atoms with Crippen LogP contribution < -0.4 is 5.73 Å². The van der Waals surface area contributed by atoms with Crippen molar-refractivity contribution in [1.82, 2.24) is 4.90 Å². The van der Waals surface area contributed by atoms with Gasteiger partial charge in [0.2, 0.25) is 0 Å². The van der Waals surface area contributed by atoms with E-state index in [9.17, 15) is 0 Å². The van der Waals surface area contributed by atoms with Gasteiger partial charge < -0.3 is 15.4 Å². The minimum Gasteiger partial charge on any atom is -0.381 e. The first kappa shape index (κ1) is 14.4. The van der Waals surface area contributed by atoms with E-state index in [1.807, 2.05) is 0 Å². The molecule has 0 aromatic rings. The van der Waals surface area contributed by atoms with Crippen molar-refractivity contribution in [3.05, 3.63) is 0 Å². The SMILES string of the molecule is CC(CC(C)(N)C#N)N(C)CC1CCOCC1. The lowest BCUT2D eigenvalue weighted by atomic mass is 9.94. The second-order valence-corrected chi connectivity index (χ2v) is 5.58. The van der Waals surface area contributed by atoms with Gasteiger partial charge in [-0.25, -0.2) is 0 Å². The maximum Gasteiger partial charge on any atom is 0.102 e. The first-order valence-electron chi connectivity index (χ1n) is 6.43. The third-order valence-electron chi connectivity index (χ3n) is 3.61. The number of nitrogens with zero attached hydrogens (tertiary/aromatic N) is 2. The van der Waals surface area contributed by atoms with Crippen LogP contribution in [0.3, 0.4) is 0 Å². The van der Waals surface area contributed by atoms with Crippen molar-refractivity contribution < 1.29 is 4.74 Å². The summed E-state index contributed by atoms with van der Waals surface area (Å²) >= 11 is 0. The highest BCUT2D eigenvalue weighted by atomic mass is 16.5. The summed E-state index contributed by atoms with van der Waals surface area (Å²) in [7, 11) is 2.12. The van der Waals surface area contributed by atoms with Crippen LogP contribution in [-0.2, 0) is 4.74 Å². The average Bonchev–Trinajstić information content (AvgIpc) is 2.30. The van der Waals surface area contributed by atoms with Gasteiger partial charge in [0.1, 0.15) is 5.54 Å². The summed E-state index contributed by atoms with van der Waals surface area (Å²) in [6, 6.07) is 2.50. The van der Waals surface area contributed by atoms with Gasteiger partial charge in [-0.2, -0.15) is 5.26 Å². The molecule has 0 aliphatic carbocycles. The monoisotopic (exact) mass is 239 g/mol. The summed E-state index contributed by atoms with van der Waals surface area (Å²) in [6.45, 7) is 6.79. The van der Waals surface area contributed by atoms with Crippen molar-refractivity contribution in [3.8, 4) is 6.07 Å². The second-order valence-electron chi connectivity index (χ2n) is 5.58. The van der Waals surface area contributed by atoms with Crippen molar-refractivity contribution in [1.29, 1.82) is 5.26 Å². The molecular formula is C13H25N3O. The number of rotatable bonds is 5. The summed E-state index contributed by atoms with van der Waals surface area (Å²) in [6.07, 6.45) is 3.01. The number of nitriles is 1. The highest BCUT2D eigenvalue weighted by Crippen LogP contribution is 2.19. The van der Waals surface area contributed by atoms with Crippen LogP contribution in [-0.4, -0.2) is 43.3 Å². The van der Waals surface area contributed by atoms with Crippen molar-refractivity contribution >= 4 is 0 Å². The Morgan fingerprint density at radius 3 is 2.65 bits per heavy atom. The summed E-state index contributed by atoms with van der Waals surface area (Å²) < 4.78 is 5.36. The zero-order valence-corrected chi connectivity index (χ0v) is 11.3. The zero-order chi connectivity index (χ0) is 12.9. The van der Waals surface area contributed by atoms with Crippen LogP contribution in [0.4, 0.5) is 0 Å². The number of hydrogen-bond donors (Lipinski definition) is 1. The van der Waals surface area contributed by atoms with E-state index in [1.54, 1.807) is 6.92 Å². The predicted octanol–water partition coefficient (Wildman–Crippen LogP) is 1.36. The Morgan fingerprint density at radius 2 is 2.12 bits per heavy atom. The van der Waals surface area contributed by atoms with Gasteiger partial charge in [0.15, 0.2) is 0 Å². The van der Waals surface area contributed by atoms with E-state index in [0.717, 1.165) is 38.5 Å². The molecule has 0 aromatic heterocycles. The molecule has 0 bridgehead atoms. The minimum atomic E-state index is -0.719.